The molecule has 2 N–H and O–H groups in total. The molecule has 1 atom stereocenters. The maximum Gasteiger partial charge on any atom is 0.237 e. The number of nitrogens with one attached hydrogen (secondary N) is 2. The largest absolute Gasteiger partial charge is 0.494 e. The molecule has 3 rings (SSSR count). The van der Waals surface area contributed by atoms with Crippen molar-refractivity contribution in [1.29, 1.82) is 0 Å². The number of amides is 2. The van der Waals surface area contributed by atoms with Crippen LogP contribution in [0.5, 0.6) is 5.75 Å². The minimum atomic E-state index is -0.304. The Morgan fingerprint density at radius 2 is 1.83 bits per heavy atom. The summed E-state index contributed by atoms with van der Waals surface area (Å²) in [7, 11) is 0. The highest BCUT2D eigenvalue weighted by Crippen LogP contribution is 2.33. The predicted octanol–water partition coefficient (Wildman–Crippen LogP) is 5.16. The average Bonchev–Trinajstić information content (AvgIpc) is 3.11. The van der Waals surface area contributed by atoms with Crippen LogP contribution < -0.4 is 15.4 Å². The standard InChI is InChI=1S/C21H23N3O3S2/c1-4-19(25)22-15-8-11-17-18(12-15)29-21(24-17)28-13(3)20(26)23-14-6-9-16(10-7-14)27-5-2/h6-13H,4-5H2,1-3H3,(H,22,25)(H,23,26). The molecule has 6 nitrogen and oxygen atoms in total. The van der Waals surface area contributed by atoms with Crippen molar-refractivity contribution in [3.05, 3.63) is 42.5 Å². The molecule has 1 unspecified atom stereocenters. The third kappa shape index (κ3) is 5.71. The second-order valence-corrected chi connectivity index (χ2v) is 8.89. The molecule has 2 amide bonds. The molecular formula is C21H23N3O3S2. The van der Waals surface area contributed by atoms with E-state index in [2.05, 4.69) is 15.6 Å². The Kier molecular flexibility index (Phi) is 7.11. The number of benzene rings is 2. The second kappa shape index (κ2) is 9.76. The molecule has 1 heterocycles. The molecule has 8 heteroatoms. The Morgan fingerprint density at radius 1 is 1.10 bits per heavy atom. The number of ether oxygens (including phenoxy) is 1. The summed E-state index contributed by atoms with van der Waals surface area (Å²) in [6, 6.07) is 12.9. The van der Waals surface area contributed by atoms with Crippen molar-refractivity contribution in [2.75, 3.05) is 17.2 Å². The predicted molar refractivity (Wildman–Crippen MR) is 120 cm³/mol. The molecule has 0 aliphatic heterocycles. The van der Waals surface area contributed by atoms with E-state index in [1.54, 1.807) is 0 Å². The number of nitrogens with zero attached hydrogens (tertiary/aromatic N) is 1. The van der Waals surface area contributed by atoms with Crippen molar-refractivity contribution in [2.45, 2.75) is 36.8 Å². The maximum atomic E-state index is 12.5. The Balaban J connectivity index is 1.62. The normalized spacial score (nSPS) is 11.8. The molecule has 0 fully saturated rings. The lowest BCUT2D eigenvalue weighted by Gasteiger charge is -2.11. The molecule has 0 spiro atoms. The van der Waals surface area contributed by atoms with E-state index in [0.29, 0.717) is 13.0 Å². The summed E-state index contributed by atoms with van der Waals surface area (Å²) in [5.41, 5.74) is 2.34. The van der Waals surface area contributed by atoms with Gasteiger partial charge in [-0.15, -0.1) is 11.3 Å². The van der Waals surface area contributed by atoms with Gasteiger partial charge < -0.3 is 15.4 Å². The van der Waals surface area contributed by atoms with Gasteiger partial charge in [0.1, 0.15) is 5.75 Å². The first kappa shape index (κ1) is 21.1. The summed E-state index contributed by atoms with van der Waals surface area (Å²) in [5, 5.41) is 5.46. The van der Waals surface area contributed by atoms with Gasteiger partial charge in [-0.1, -0.05) is 18.7 Å². The summed E-state index contributed by atoms with van der Waals surface area (Å²) >= 11 is 2.93. The first-order chi connectivity index (χ1) is 14.0. The van der Waals surface area contributed by atoms with Gasteiger partial charge in [0, 0.05) is 17.8 Å². The minimum Gasteiger partial charge on any atom is -0.494 e. The summed E-state index contributed by atoms with van der Waals surface area (Å²) in [4.78, 5) is 28.7. The highest BCUT2D eigenvalue weighted by atomic mass is 32.2. The van der Waals surface area contributed by atoms with Crippen molar-refractivity contribution in [2.24, 2.45) is 0 Å². The third-order valence-corrected chi connectivity index (χ3v) is 6.27. The monoisotopic (exact) mass is 429 g/mol. The molecule has 0 saturated carbocycles. The van der Waals surface area contributed by atoms with Gasteiger partial charge >= 0.3 is 0 Å². The van der Waals surface area contributed by atoms with E-state index in [9.17, 15) is 9.59 Å². The highest BCUT2D eigenvalue weighted by molar-refractivity contribution is 8.02. The smallest absolute Gasteiger partial charge is 0.237 e. The number of aromatic nitrogens is 1. The van der Waals surface area contributed by atoms with E-state index in [1.807, 2.05) is 63.2 Å². The lowest BCUT2D eigenvalue weighted by atomic mass is 10.3. The van der Waals surface area contributed by atoms with Crippen LogP contribution in [-0.2, 0) is 9.59 Å². The number of thiazole rings is 1. The Morgan fingerprint density at radius 3 is 2.52 bits per heavy atom. The zero-order valence-electron chi connectivity index (χ0n) is 16.5. The molecule has 0 aliphatic rings. The van der Waals surface area contributed by atoms with Crippen molar-refractivity contribution in [3.8, 4) is 5.75 Å². The Hall–Kier alpha value is -2.58. The van der Waals surface area contributed by atoms with Gasteiger partial charge in [0.25, 0.3) is 0 Å². The van der Waals surface area contributed by atoms with Crippen LogP contribution in [0, 0.1) is 0 Å². The van der Waals surface area contributed by atoms with Crippen molar-refractivity contribution in [3.63, 3.8) is 0 Å². The van der Waals surface area contributed by atoms with Crippen LogP contribution in [0.1, 0.15) is 27.2 Å². The molecule has 0 saturated heterocycles. The fourth-order valence-corrected chi connectivity index (χ4v) is 4.78. The van der Waals surface area contributed by atoms with Crippen LogP contribution in [0.25, 0.3) is 10.2 Å². The van der Waals surface area contributed by atoms with Crippen molar-refractivity contribution < 1.29 is 14.3 Å². The zero-order chi connectivity index (χ0) is 20.8. The number of thioether (sulfide) groups is 1. The van der Waals surface area contributed by atoms with Crippen LogP contribution in [0.4, 0.5) is 11.4 Å². The van der Waals surface area contributed by atoms with Crippen LogP contribution in [-0.4, -0.2) is 28.7 Å². The summed E-state index contributed by atoms with van der Waals surface area (Å²) < 4.78 is 7.20. The molecule has 2 aromatic carbocycles. The van der Waals surface area contributed by atoms with Gasteiger partial charge in [-0.05, 0) is 56.3 Å². The van der Waals surface area contributed by atoms with Gasteiger partial charge in [0.2, 0.25) is 11.8 Å². The third-order valence-electron chi connectivity index (χ3n) is 4.05. The van der Waals surface area contributed by atoms with Gasteiger partial charge in [0.05, 0.1) is 22.1 Å². The topological polar surface area (TPSA) is 80.3 Å². The van der Waals surface area contributed by atoms with E-state index in [-0.39, 0.29) is 17.1 Å². The van der Waals surface area contributed by atoms with Gasteiger partial charge in [-0.25, -0.2) is 4.98 Å². The lowest BCUT2D eigenvalue weighted by Crippen LogP contribution is -2.22. The molecular weight excluding hydrogens is 406 g/mol. The summed E-state index contributed by atoms with van der Waals surface area (Å²) in [6.45, 7) is 6.20. The van der Waals surface area contributed by atoms with Crippen molar-refractivity contribution >= 4 is 56.5 Å². The number of hydrogen-bond donors (Lipinski definition) is 2. The van der Waals surface area contributed by atoms with Gasteiger partial charge in [0.15, 0.2) is 4.34 Å². The second-order valence-electron chi connectivity index (χ2n) is 6.27. The highest BCUT2D eigenvalue weighted by Gasteiger charge is 2.17. The molecule has 0 radical (unpaired) electrons. The summed E-state index contributed by atoms with van der Waals surface area (Å²) in [6.07, 6.45) is 0.433. The number of rotatable bonds is 8. The Labute approximate surface area is 178 Å². The molecule has 1 aromatic heterocycles. The SMILES string of the molecule is CCOc1ccc(NC(=O)C(C)Sc2nc3ccc(NC(=O)CC)cc3s2)cc1. The first-order valence-corrected chi connectivity index (χ1v) is 11.1. The molecule has 152 valence electrons. The van der Waals surface area contributed by atoms with Crippen LogP contribution in [0.2, 0.25) is 0 Å². The number of carbonyl (C=O) groups excluding carboxylic acids is 2. The van der Waals surface area contributed by atoms with E-state index in [4.69, 9.17) is 4.74 Å². The molecule has 0 aliphatic carbocycles. The van der Waals surface area contributed by atoms with E-state index in [0.717, 1.165) is 31.7 Å². The van der Waals surface area contributed by atoms with Crippen LogP contribution >= 0.6 is 23.1 Å². The lowest BCUT2D eigenvalue weighted by molar-refractivity contribution is -0.116. The van der Waals surface area contributed by atoms with Crippen molar-refractivity contribution in [1.82, 2.24) is 4.98 Å². The van der Waals surface area contributed by atoms with Gasteiger partial charge in [-0.2, -0.15) is 0 Å². The van der Waals surface area contributed by atoms with Crippen LogP contribution in [0.15, 0.2) is 46.8 Å². The van der Waals surface area contributed by atoms with E-state index in [1.165, 1.54) is 23.1 Å². The number of hydrogen-bond acceptors (Lipinski definition) is 6. The molecule has 0 bridgehead atoms. The maximum absolute atomic E-state index is 12.5. The minimum absolute atomic E-state index is 0.0250. The Bertz CT molecular complexity index is 1000. The zero-order valence-corrected chi connectivity index (χ0v) is 18.2. The van der Waals surface area contributed by atoms with E-state index >= 15 is 0 Å². The number of carbonyl (C=O) groups is 2. The quantitative estimate of drug-likeness (QED) is 0.483. The fourth-order valence-electron chi connectivity index (χ4n) is 2.53. The van der Waals surface area contributed by atoms with Crippen LogP contribution in [0.3, 0.4) is 0 Å². The molecule has 3 aromatic rings. The fraction of sp³-hybridized carbons (Fsp3) is 0.286. The number of fused-ring (bicyclic) bond motifs is 1. The first-order valence-electron chi connectivity index (χ1n) is 9.39. The number of anilines is 2. The van der Waals surface area contributed by atoms with E-state index < -0.39 is 0 Å². The molecule has 29 heavy (non-hydrogen) atoms. The van der Waals surface area contributed by atoms with Gasteiger partial charge in [-0.3, -0.25) is 9.59 Å². The summed E-state index contributed by atoms with van der Waals surface area (Å²) in [5.74, 6) is 0.661. The average molecular weight is 430 g/mol.